The number of nitrogens with one attached hydrogen (secondary N) is 3. The summed E-state index contributed by atoms with van der Waals surface area (Å²) in [5, 5.41) is 15.0. The Morgan fingerprint density at radius 1 is 0.865 bits per heavy atom. The van der Waals surface area contributed by atoms with E-state index in [1.807, 2.05) is 37.3 Å². The molecule has 0 fully saturated rings. The summed E-state index contributed by atoms with van der Waals surface area (Å²) in [6.45, 7) is 2.28. The number of amides is 3. The maximum atomic E-state index is 12.4. The van der Waals surface area contributed by atoms with E-state index in [0.717, 1.165) is 11.1 Å². The van der Waals surface area contributed by atoms with E-state index >= 15 is 0 Å². The van der Waals surface area contributed by atoms with Gasteiger partial charge in [-0.25, -0.2) is 0 Å². The third-order valence-corrected chi connectivity index (χ3v) is 5.18. The molecular weight excluding hydrogens is 474 g/mol. The number of carbonyl (C=O) groups is 3. The number of hydrogen-bond donors (Lipinski definition) is 3. The highest BCUT2D eigenvalue weighted by atomic mass is 16.5. The highest BCUT2D eigenvalue weighted by Crippen LogP contribution is 2.17. The van der Waals surface area contributed by atoms with Crippen LogP contribution in [0.5, 0.6) is 5.75 Å². The number of aromatic nitrogens is 4. The van der Waals surface area contributed by atoms with Crippen molar-refractivity contribution < 1.29 is 19.1 Å². The minimum absolute atomic E-state index is 0.318. The standard InChI is InChI=1S/C26H25N7O4/c1-2-37-22-11-7-6-10-21(22)26(36)27-16-23(34)28-30-25(35)20-14-12-18(13-15-20)17-33-31-24(29-32-33)19-8-4-3-5-9-19/h3-15H,2,16-17H2,1H3,(H,27,36)(H,28,34)(H,30,35). The molecule has 3 amide bonds. The van der Waals surface area contributed by atoms with Crippen LogP contribution in [0.3, 0.4) is 0 Å². The van der Waals surface area contributed by atoms with Gasteiger partial charge in [0.2, 0.25) is 5.82 Å². The summed E-state index contributed by atoms with van der Waals surface area (Å²) in [7, 11) is 0. The molecule has 0 saturated heterocycles. The Balaban J connectivity index is 1.24. The average molecular weight is 500 g/mol. The smallest absolute Gasteiger partial charge is 0.269 e. The van der Waals surface area contributed by atoms with Crippen molar-refractivity contribution in [1.29, 1.82) is 0 Å². The first-order valence-electron chi connectivity index (χ1n) is 11.5. The van der Waals surface area contributed by atoms with Crippen molar-refractivity contribution in [3.8, 4) is 17.1 Å². The normalized spacial score (nSPS) is 10.4. The second kappa shape index (κ2) is 12.1. The van der Waals surface area contributed by atoms with Crippen LogP contribution in [0.4, 0.5) is 0 Å². The average Bonchev–Trinajstić information content (AvgIpc) is 3.40. The van der Waals surface area contributed by atoms with Gasteiger partial charge in [0.1, 0.15) is 5.75 Å². The molecule has 1 heterocycles. The van der Waals surface area contributed by atoms with Crippen molar-refractivity contribution in [2.24, 2.45) is 0 Å². The lowest BCUT2D eigenvalue weighted by Crippen LogP contribution is -2.46. The van der Waals surface area contributed by atoms with Crippen LogP contribution >= 0.6 is 0 Å². The van der Waals surface area contributed by atoms with E-state index in [1.54, 1.807) is 48.5 Å². The van der Waals surface area contributed by atoms with Gasteiger partial charge < -0.3 is 10.1 Å². The van der Waals surface area contributed by atoms with E-state index in [-0.39, 0.29) is 6.54 Å². The summed E-state index contributed by atoms with van der Waals surface area (Å²) in [6.07, 6.45) is 0. The zero-order valence-electron chi connectivity index (χ0n) is 20.0. The third-order valence-electron chi connectivity index (χ3n) is 5.18. The predicted octanol–water partition coefficient (Wildman–Crippen LogP) is 1.98. The summed E-state index contributed by atoms with van der Waals surface area (Å²) >= 11 is 0. The van der Waals surface area contributed by atoms with E-state index in [9.17, 15) is 14.4 Å². The summed E-state index contributed by atoms with van der Waals surface area (Å²) in [5.74, 6) is -0.589. The number of tetrazole rings is 1. The number of benzene rings is 3. The van der Waals surface area contributed by atoms with Crippen molar-refractivity contribution >= 4 is 17.7 Å². The molecule has 0 radical (unpaired) electrons. The maximum absolute atomic E-state index is 12.4. The minimum atomic E-state index is -0.585. The molecule has 3 aromatic carbocycles. The van der Waals surface area contributed by atoms with Gasteiger partial charge in [-0.05, 0) is 42.0 Å². The zero-order chi connectivity index (χ0) is 26.0. The Morgan fingerprint density at radius 3 is 2.35 bits per heavy atom. The van der Waals surface area contributed by atoms with Crippen LogP contribution in [0.25, 0.3) is 11.4 Å². The van der Waals surface area contributed by atoms with Gasteiger partial charge >= 0.3 is 0 Å². The number of hydrazine groups is 1. The Kier molecular flexibility index (Phi) is 8.17. The van der Waals surface area contributed by atoms with Crippen LogP contribution in [0, 0.1) is 0 Å². The SMILES string of the molecule is CCOc1ccccc1C(=O)NCC(=O)NNC(=O)c1ccc(Cn2nnc(-c3ccccc3)n2)cc1. The molecule has 0 bridgehead atoms. The number of para-hydroxylation sites is 1. The number of nitrogens with zero attached hydrogens (tertiary/aromatic N) is 4. The van der Waals surface area contributed by atoms with Crippen molar-refractivity contribution in [2.45, 2.75) is 13.5 Å². The lowest BCUT2D eigenvalue weighted by molar-refractivity contribution is -0.120. The van der Waals surface area contributed by atoms with Gasteiger partial charge in [-0.2, -0.15) is 4.80 Å². The van der Waals surface area contributed by atoms with Gasteiger partial charge in [-0.1, -0.05) is 54.6 Å². The van der Waals surface area contributed by atoms with Gasteiger partial charge in [-0.15, -0.1) is 10.2 Å². The quantitative estimate of drug-likeness (QED) is 0.299. The molecular formula is C26H25N7O4. The second-order valence-electron chi connectivity index (χ2n) is 7.82. The van der Waals surface area contributed by atoms with Crippen LogP contribution in [-0.2, 0) is 11.3 Å². The molecule has 4 rings (SSSR count). The van der Waals surface area contributed by atoms with Crippen molar-refractivity contribution in [1.82, 2.24) is 36.4 Å². The molecule has 3 N–H and O–H groups in total. The largest absolute Gasteiger partial charge is 0.493 e. The highest BCUT2D eigenvalue weighted by molar-refractivity contribution is 5.99. The molecule has 0 unspecified atom stereocenters. The molecule has 11 heteroatoms. The van der Waals surface area contributed by atoms with E-state index in [0.29, 0.717) is 35.9 Å². The molecule has 188 valence electrons. The molecule has 0 spiro atoms. The summed E-state index contributed by atoms with van der Waals surface area (Å²) in [5.41, 5.74) is 7.02. The van der Waals surface area contributed by atoms with Gasteiger partial charge in [0, 0.05) is 11.1 Å². The fraction of sp³-hybridized carbons (Fsp3) is 0.154. The van der Waals surface area contributed by atoms with Crippen LogP contribution in [0.15, 0.2) is 78.9 Å². The Bertz CT molecular complexity index is 1370. The first-order chi connectivity index (χ1) is 18.0. The predicted molar refractivity (Wildman–Crippen MR) is 134 cm³/mol. The van der Waals surface area contributed by atoms with Crippen LogP contribution in [0.2, 0.25) is 0 Å². The van der Waals surface area contributed by atoms with Crippen molar-refractivity contribution in [3.05, 3.63) is 95.6 Å². The monoisotopic (exact) mass is 499 g/mol. The highest BCUT2D eigenvalue weighted by Gasteiger charge is 2.14. The van der Waals surface area contributed by atoms with Gasteiger partial charge in [0.15, 0.2) is 0 Å². The van der Waals surface area contributed by atoms with Crippen molar-refractivity contribution in [2.75, 3.05) is 13.2 Å². The Hall–Kier alpha value is -5.06. The van der Waals surface area contributed by atoms with Crippen molar-refractivity contribution in [3.63, 3.8) is 0 Å². The zero-order valence-corrected chi connectivity index (χ0v) is 20.0. The van der Waals surface area contributed by atoms with E-state index < -0.39 is 17.7 Å². The Morgan fingerprint density at radius 2 is 1.59 bits per heavy atom. The number of hydrogen-bond acceptors (Lipinski definition) is 7. The van der Waals surface area contributed by atoms with E-state index in [1.165, 1.54) is 4.80 Å². The molecule has 0 aliphatic heterocycles. The first kappa shape index (κ1) is 25.0. The van der Waals surface area contributed by atoms with Gasteiger partial charge in [-0.3, -0.25) is 25.2 Å². The number of carbonyl (C=O) groups excluding carboxylic acids is 3. The molecule has 0 saturated carbocycles. The van der Waals surface area contributed by atoms with Crippen LogP contribution in [-0.4, -0.2) is 51.1 Å². The summed E-state index contributed by atoms with van der Waals surface area (Å²) in [4.78, 5) is 38.3. The fourth-order valence-corrected chi connectivity index (χ4v) is 3.37. The lowest BCUT2D eigenvalue weighted by Gasteiger charge is -2.11. The van der Waals surface area contributed by atoms with E-state index in [4.69, 9.17) is 4.74 Å². The van der Waals surface area contributed by atoms with Gasteiger partial charge in [0.25, 0.3) is 17.7 Å². The molecule has 0 aliphatic carbocycles. The molecule has 1 aromatic heterocycles. The molecule has 11 nitrogen and oxygen atoms in total. The number of ether oxygens (including phenoxy) is 1. The molecule has 4 aromatic rings. The van der Waals surface area contributed by atoms with Crippen LogP contribution < -0.4 is 20.9 Å². The van der Waals surface area contributed by atoms with Crippen LogP contribution in [0.1, 0.15) is 33.2 Å². The topological polar surface area (TPSA) is 140 Å². The molecule has 0 atom stereocenters. The lowest BCUT2D eigenvalue weighted by atomic mass is 10.1. The summed E-state index contributed by atoms with van der Waals surface area (Å²) < 4.78 is 5.42. The second-order valence-corrected chi connectivity index (χ2v) is 7.82. The van der Waals surface area contributed by atoms with E-state index in [2.05, 4.69) is 31.6 Å². The maximum Gasteiger partial charge on any atom is 0.269 e. The third kappa shape index (κ3) is 6.75. The Labute approximate surface area is 212 Å². The summed E-state index contributed by atoms with van der Waals surface area (Å²) in [6, 6.07) is 23.0. The van der Waals surface area contributed by atoms with Gasteiger partial charge in [0.05, 0.1) is 25.3 Å². The number of rotatable bonds is 9. The minimum Gasteiger partial charge on any atom is -0.493 e. The molecule has 37 heavy (non-hydrogen) atoms. The fourth-order valence-electron chi connectivity index (χ4n) is 3.37. The first-order valence-corrected chi connectivity index (χ1v) is 11.5. The molecule has 0 aliphatic rings.